The molecule has 3 nitrogen and oxygen atoms in total. The van der Waals surface area contributed by atoms with Crippen molar-refractivity contribution in [1.29, 1.82) is 0 Å². The van der Waals surface area contributed by atoms with Gasteiger partial charge in [-0.3, -0.25) is 0 Å². The number of nitrogens with zero attached hydrogens (tertiary/aromatic N) is 1. The molecule has 0 aliphatic heterocycles. The number of benzene rings is 1. The maximum absolute atomic E-state index is 13.6. The lowest BCUT2D eigenvalue weighted by Gasteiger charge is -2.28. The zero-order valence-electron chi connectivity index (χ0n) is 9.59. The number of halogens is 2. The maximum atomic E-state index is 13.6. The van der Waals surface area contributed by atoms with E-state index >= 15 is 0 Å². The fourth-order valence-electron chi connectivity index (χ4n) is 1.52. The van der Waals surface area contributed by atoms with Gasteiger partial charge in [-0.05, 0) is 13.0 Å². The molecule has 0 fully saturated rings. The third-order valence-electron chi connectivity index (χ3n) is 2.46. The standard InChI is InChI=1S/C11H16F2N2O/c1-11(14,6-16)7-4-5-8(12)9(13)10(7)15(2)3/h4-5,16H,6,14H2,1-3H3. The summed E-state index contributed by atoms with van der Waals surface area (Å²) in [5, 5.41) is 9.15. The van der Waals surface area contributed by atoms with Gasteiger partial charge in [0.25, 0.3) is 0 Å². The van der Waals surface area contributed by atoms with E-state index in [9.17, 15) is 8.78 Å². The zero-order chi connectivity index (χ0) is 12.5. The minimum Gasteiger partial charge on any atom is -0.394 e. The van der Waals surface area contributed by atoms with Crippen LogP contribution in [0.15, 0.2) is 12.1 Å². The third-order valence-corrected chi connectivity index (χ3v) is 2.46. The van der Waals surface area contributed by atoms with Crippen molar-refractivity contribution < 1.29 is 13.9 Å². The lowest BCUT2D eigenvalue weighted by molar-refractivity contribution is 0.210. The van der Waals surface area contributed by atoms with Crippen molar-refractivity contribution in [2.75, 3.05) is 25.6 Å². The Morgan fingerprint density at radius 2 is 1.94 bits per heavy atom. The molecule has 1 aromatic carbocycles. The average Bonchev–Trinajstić information content (AvgIpc) is 2.21. The molecule has 0 saturated carbocycles. The number of hydrogen-bond acceptors (Lipinski definition) is 3. The molecule has 1 rings (SSSR count). The summed E-state index contributed by atoms with van der Waals surface area (Å²) >= 11 is 0. The fourth-order valence-corrected chi connectivity index (χ4v) is 1.52. The largest absolute Gasteiger partial charge is 0.394 e. The molecule has 0 aliphatic rings. The molecule has 5 heteroatoms. The fraction of sp³-hybridized carbons (Fsp3) is 0.455. The van der Waals surface area contributed by atoms with Gasteiger partial charge in [0.2, 0.25) is 0 Å². The van der Waals surface area contributed by atoms with Gasteiger partial charge in [-0.15, -0.1) is 0 Å². The zero-order valence-corrected chi connectivity index (χ0v) is 9.59. The summed E-state index contributed by atoms with van der Waals surface area (Å²) in [5.41, 5.74) is 5.17. The summed E-state index contributed by atoms with van der Waals surface area (Å²) in [6.07, 6.45) is 0. The lowest BCUT2D eigenvalue weighted by atomic mass is 9.92. The third kappa shape index (κ3) is 2.15. The van der Waals surface area contributed by atoms with Crippen LogP contribution in [-0.2, 0) is 5.54 Å². The van der Waals surface area contributed by atoms with Crippen molar-refractivity contribution in [2.24, 2.45) is 5.73 Å². The predicted octanol–water partition coefficient (Wildman–Crippen LogP) is 1.20. The number of nitrogens with two attached hydrogens (primary N) is 1. The monoisotopic (exact) mass is 230 g/mol. The summed E-state index contributed by atoms with van der Waals surface area (Å²) in [5.74, 6) is -1.88. The first-order valence-corrected chi connectivity index (χ1v) is 4.87. The van der Waals surface area contributed by atoms with Gasteiger partial charge < -0.3 is 15.7 Å². The number of anilines is 1. The van der Waals surface area contributed by atoms with E-state index in [1.807, 2.05) is 0 Å². The van der Waals surface area contributed by atoms with Crippen LogP contribution in [0.3, 0.4) is 0 Å². The normalized spacial score (nSPS) is 14.7. The molecule has 0 spiro atoms. The molecule has 0 heterocycles. The molecular formula is C11H16F2N2O. The van der Waals surface area contributed by atoms with Gasteiger partial charge in [0.05, 0.1) is 17.8 Å². The minimum absolute atomic E-state index is 0.0686. The van der Waals surface area contributed by atoms with Crippen molar-refractivity contribution >= 4 is 5.69 Å². The first-order valence-electron chi connectivity index (χ1n) is 4.87. The minimum atomic E-state index is -1.10. The van der Waals surface area contributed by atoms with Gasteiger partial charge in [-0.1, -0.05) is 6.07 Å². The molecule has 0 amide bonds. The van der Waals surface area contributed by atoms with Crippen LogP contribution in [0.4, 0.5) is 14.5 Å². The van der Waals surface area contributed by atoms with E-state index < -0.39 is 17.2 Å². The topological polar surface area (TPSA) is 49.5 Å². The van der Waals surface area contributed by atoms with Crippen molar-refractivity contribution in [3.8, 4) is 0 Å². The highest BCUT2D eigenvalue weighted by Gasteiger charge is 2.27. The average molecular weight is 230 g/mol. The number of rotatable bonds is 3. The quantitative estimate of drug-likeness (QED) is 0.820. The van der Waals surface area contributed by atoms with E-state index in [1.165, 1.54) is 11.0 Å². The molecule has 1 atom stereocenters. The van der Waals surface area contributed by atoms with Gasteiger partial charge in [0.1, 0.15) is 0 Å². The smallest absolute Gasteiger partial charge is 0.182 e. The number of aliphatic hydroxyl groups is 1. The van der Waals surface area contributed by atoms with E-state index in [-0.39, 0.29) is 12.3 Å². The second-order valence-electron chi connectivity index (χ2n) is 4.23. The Kier molecular flexibility index (Phi) is 3.50. The molecule has 0 radical (unpaired) electrons. The van der Waals surface area contributed by atoms with Crippen LogP contribution in [0.2, 0.25) is 0 Å². The van der Waals surface area contributed by atoms with Crippen molar-refractivity contribution in [2.45, 2.75) is 12.5 Å². The summed E-state index contributed by atoms with van der Waals surface area (Å²) in [4.78, 5) is 1.44. The second kappa shape index (κ2) is 4.35. The van der Waals surface area contributed by atoms with Crippen LogP contribution >= 0.6 is 0 Å². The van der Waals surface area contributed by atoms with Gasteiger partial charge >= 0.3 is 0 Å². The van der Waals surface area contributed by atoms with Crippen molar-refractivity contribution in [3.05, 3.63) is 29.3 Å². The molecule has 90 valence electrons. The van der Waals surface area contributed by atoms with E-state index in [0.717, 1.165) is 6.07 Å². The van der Waals surface area contributed by atoms with Crippen molar-refractivity contribution in [1.82, 2.24) is 0 Å². The molecule has 3 N–H and O–H groups in total. The Morgan fingerprint density at radius 3 is 2.38 bits per heavy atom. The van der Waals surface area contributed by atoms with Crippen LogP contribution in [0.25, 0.3) is 0 Å². The Morgan fingerprint density at radius 1 is 1.38 bits per heavy atom. The molecular weight excluding hydrogens is 214 g/mol. The van der Waals surface area contributed by atoms with Gasteiger partial charge in [0.15, 0.2) is 11.6 Å². The van der Waals surface area contributed by atoms with Crippen LogP contribution < -0.4 is 10.6 Å². The van der Waals surface area contributed by atoms with Crippen LogP contribution in [0.5, 0.6) is 0 Å². The summed E-state index contributed by atoms with van der Waals surface area (Å²) in [6.45, 7) is 1.21. The molecule has 1 aromatic rings. The Bertz CT molecular complexity index is 392. The number of aliphatic hydroxyl groups excluding tert-OH is 1. The first-order chi connectivity index (χ1) is 7.31. The van der Waals surface area contributed by atoms with E-state index in [0.29, 0.717) is 5.56 Å². The lowest BCUT2D eigenvalue weighted by Crippen LogP contribution is -2.38. The van der Waals surface area contributed by atoms with E-state index in [1.54, 1.807) is 21.0 Å². The molecule has 0 aliphatic carbocycles. The molecule has 1 unspecified atom stereocenters. The predicted molar refractivity (Wildman–Crippen MR) is 59.3 cm³/mol. The molecule has 0 bridgehead atoms. The Balaban J connectivity index is 3.46. The Labute approximate surface area is 93.5 Å². The SMILES string of the molecule is CN(C)c1c(C(C)(N)CO)ccc(F)c1F. The van der Waals surface area contributed by atoms with Crippen molar-refractivity contribution in [3.63, 3.8) is 0 Å². The van der Waals surface area contributed by atoms with Crippen LogP contribution in [0.1, 0.15) is 12.5 Å². The van der Waals surface area contributed by atoms with E-state index in [2.05, 4.69) is 0 Å². The molecule has 0 aromatic heterocycles. The first kappa shape index (κ1) is 12.9. The molecule has 0 saturated heterocycles. The van der Waals surface area contributed by atoms with Gasteiger partial charge in [0, 0.05) is 19.7 Å². The van der Waals surface area contributed by atoms with Gasteiger partial charge in [-0.2, -0.15) is 0 Å². The highest BCUT2D eigenvalue weighted by Crippen LogP contribution is 2.31. The van der Waals surface area contributed by atoms with Crippen LogP contribution in [0, 0.1) is 11.6 Å². The van der Waals surface area contributed by atoms with Crippen LogP contribution in [-0.4, -0.2) is 25.8 Å². The second-order valence-corrected chi connectivity index (χ2v) is 4.23. The summed E-state index contributed by atoms with van der Waals surface area (Å²) in [7, 11) is 3.18. The Hall–Kier alpha value is -1.20. The van der Waals surface area contributed by atoms with E-state index in [4.69, 9.17) is 10.8 Å². The highest BCUT2D eigenvalue weighted by molar-refractivity contribution is 5.57. The number of hydrogen-bond donors (Lipinski definition) is 2. The van der Waals surface area contributed by atoms with Gasteiger partial charge in [-0.25, -0.2) is 8.78 Å². The highest BCUT2D eigenvalue weighted by atomic mass is 19.2. The maximum Gasteiger partial charge on any atom is 0.182 e. The summed E-state index contributed by atoms with van der Waals surface area (Å²) < 4.78 is 26.7. The summed E-state index contributed by atoms with van der Waals surface area (Å²) in [6, 6.07) is 2.41. The molecule has 16 heavy (non-hydrogen) atoms.